The third kappa shape index (κ3) is 4.11. The highest BCUT2D eigenvalue weighted by Crippen LogP contribution is 2.34. The van der Waals surface area contributed by atoms with Crippen LogP contribution < -0.4 is 4.90 Å². The summed E-state index contributed by atoms with van der Waals surface area (Å²) in [6, 6.07) is 13.1. The summed E-state index contributed by atoms with van der Waals surface area (Å²) in [6.07, 6.45) is 4.37. The predicted molar refractivity (Wildman–Crippen MR) is 121 cm³/mol. The summed E-state index contributed by atoms with van der Waals surface area (Å²) < 4.78 is 0. The van der Waals surface area contributed by atoms with Crippen molar-refractivity contribution in [3.8, 4) is 0 Å². The molecule has 0 spiro atoms. The minimum Gasteiger partial charge on any atom is -0.478 e. The molecule has 7 heteroatoms. The predicted octanol–water partition coefficient (Wildman–Crippen LogP) is 4.53. The second kappa shape index (κ2) is 8.36. The summed E-state index contributed by atoms with van der Waals surface area (Å²) in [5.41, 5.74) is 3.82. The molecule has 154 valence electrons. The Balaban J connectivity index is 1.55. The smallest absolute Gasteiger partial charge is 0.335 e. The Bertz CT molecular complexity index is 1050. The molecule has 2 aliphatic heterocycles. The Morgan fingerprint density at radius 2 is 1.83 bits per heavy atom. The fourth-order valence-electron chi connectivity index (χ4n) is 3.58. The molecular weight excluding hydrogens is 398 g/mol. The van der Waals surface area contributed by atoms with Crippen LogP contribution in [-0.4, -0.2) is 47.2 Å². The topological polar surface area (TPSA) is 73.2 Å². The van der Waals surface area contributed by atoms with E-state index in [0.717, 1.165) is 24.2 Å². The number of amidine groups is 1. The van der Waals surface area contributed by atoms with Gasteiger partial charge in [0.25, 0.3) is 5.91 Å². The summed E-state index contributed by atoms with van der Waals surface area (Å²) in [6.45, 7) is 4.02. The molecule has 0 aromatic heterocycles. The van der Waals surface area contributed by atoms with Crippen LogP contribution in [0, 0.1) is 6.92 Å². The number of carbonyl (C=O) groups is 2. The van der Waals surface area contributed by atoms with E-state index < -0.39 is 5.97 Å². The van der Waals surface area contributed by atoms with Crippen LogP contribution in [0.1, 0.15) is 34.3 Å². The maximum absolute atomic E-state index is 12.7. The minimum absolute atomic E-state index is 0.0952. The van der Waals surface area contributed by atoms with Crippen LogP contribution >= 0.6 is 11.8 Å². The molecule has 2 aromatic carbocycles. The minimum atomic E-state index is -0.971. The maximum Gasteiger partial charge on any atom is 0.335 e. The van der Waals surface area contributed by atoms with Crippen LogP contribution in [-0.2, 0) is 4.79 Å². The molecule has 2 saturated heterocycles. The van der Waals surface area contributed by atoms with Gasteiger partial charge in [-0.1, -0.05) is 12.1 Å². The van der Waals surface area contributed by atoms with Gasteiger partial charge in [-0.2, -0.15) is 0 Å². The number of aliphatic imine (C=N–C) groups is 1. The molecular formula is C23H23N3O3S. The normalized spacial score (nSPS) is 19.3. The largest absolute Gasteiger partial charge is 0.478 e. The highest BCUT2D eigenvalue weighted by molar-refractivity contribution is 8.18. The summed E-state index contributed by atoms with van der Waals surface area (Å²) in [7, 11) is 1.70. The van der Waals surface area contributed by atoms with Crippen LogP contribution in [0.15, 0.2) is 52.4 Å². The Hall–Kier alpha value is -3.06. The standard InChI is InChI=1S/C23H23N3O3S/c1-15-13-17(22(28)29)7-10-19(15)24-23-25(2)21(27)20(30-23)14-16-5-8-18(9-6-16)26-11-3-4-12-26/h5-10,13-14H,3-4,11-12H2,1-2H3,(H,28,29)/b20-14-,24-23?. The number of rotatable bonds is 4. The molecule has 2 aromatic rings. The number of carboxylic acid groups (broad SMARTS) is 1. The van der Waals surface area contributed by atoms with Gasteiger partial charge < -0.3 is 10.0 Å². The number of nitrogens with zero attached hydrogens (tertiary/aromatic N) is 3. The third-order valence-corrected chi connectivity index (χ3v) is 6.39. The summed E-state index contributed by atoms with van der Waals surface area (Å²) in [5, 5.41) is 9.69. The third-order valence-electron chi connectivity index (χ3n) is 5.33. The van der Waals surface area contributed by atoms with Crippen molar-refractivity contribution >= 4 is 46.3 Å². The number of likely N-dealkylation sites (N-methyl/N-ethyl adjacent to an activating group) is 1. The highest BCUT2D eigenvalue weighted by Gasteiger charge is 2.30. The van der Waals surface area contributed by atoms with Crippen LogP contribution in [0.2, 0.25) is 0 Å². The lowest BCUT2D eigenvalue weighted by molar-refractivity contribution is -0.121. The number of hydrogen-bond donors (Lipinski definition) is 1. The van der Waals surface area contributed by atoms with E-state index >= 15 is 0 Å². The van der Waals surface area contributed by atoms with Crippen molar-refractivity contribution in [1.82, 2.24) is 4.90 Å². The number of hydrogen-bond acceptors (Lipinski definition) is 5. The Morgan fingerprint density at radius 3 is 2.47 bits per heavy atom. The van der Waals surface area contributed by atoms with E-state index in [0.29, 0.717) is 15.8 Å². The van der Waals surface area contributed by atoms with E-state index in [-0.39, 0.29) is 11.5 Å². The lowest BCUT2D eigenvalue weighted by Gasteiger charge is -2.17. The molecule has 2 heterocycles. The summed E-state index contributed by atoms with van der Waals surface area (Å²) in [5.74, 6) is -1.07. The van der Waals surface area contributed by atoms with Gasteiger partial charge in [-0.3, -0.25) is 9.69 Å². The number of amides is 1. The molecule has 30 heavy (non-hydrogen) atoms. The number of benzene rings is 2. The number of anilines is 1. The first-order chi connectivity index (χ1) is 14.4. The summed E-state index contributed by atoms with van der Waals surface area (Å²) >= 11 is 1.33. The maximum atomic E-state index is 12.7. The van der Waals surface area contributed by atoms with Gasteiger partial charge >= 0.3 is 5.97 Å². The second-order valence-corrected chi connectivity index (χ2v) is 8.47. The van der Waals surface area contributed by atoms with Gasteiger partial charge in [-0.25, -0.2) is 9.79 Å². The second-order valence-electron chi connectivity index (χ2n) is 7.46. The van der Waals surface area contributed by atoms with Crippen LogP contribution in [0.25, 0.3) is 6.08 Å². The molecule has 0 saturated carbocycles. The number of carboxylic acids is 1. The first-order valence-electron chi connectivity index (χ1n) is 9.87. The SMILES string of the molecule is Cc1cc(C(=O)O)ccc1N=C1S/C(=C\c2ccc(N3CCCC3)cc2)C(=O)N1C. The fraction of sp³-hybridized carbons (Fsp3) is 0.261. The molecule has 1 amide bonds. The van der Waals surface area contributed by atoms with Crippen LogP contribution in [0.5, 0.6) is 0 Å². The zero-order chi connectivity index (χ0) is 21.3. The molecule has 2 fully saturated rings. The van der Waals surface area contributed by atoms with Gasteiger partial charge in [-0.15, -0.1) is 0 Å². The molecule has 0 bridgehead atoms. The van der Waals surface area contributed by atoms with Crippen molar-refractivity contribution in [2.45, 2.75) is 19.8 Å². The lowest BCUT2D eigenvalue weighted by atomic mass is 10.1. The fourth-order valence-corrected chi connectivity index (χ4v) is 4.56. The van der Waals surface area contributed by atoms with E-state index in [9.17, 15) is 9.59 Å². The average Bonchev–Trinajstić information content (AvgIpc) is 3.35. The van der Waals surface area contributed by atoms with Gasteiger partial charge in [0.1, 0.15) is 0 Å². The van der Waals surface area contributed by atoms with Crippen molar-refractivity contribution in [3.05, 3.63) is 64.1 Å². The first-order valence-corrected chi connectivity index (χ1v) is 10.7. The molecule has 4 rings (SSSR count). The molecule has 0 radical (unpaired) electrons. The van der Waals surface area contributed by atoms with Crippen LogP contribution in [0.4, 0.5) is 11.4 Å². The van der Waals surface area contributed by atoms with Crippen LogP contribution in [0.3, 0.4) is 0 Å². The molecule has 0 unspecified atom stereocenters. The lowest BCUT2D eigenvalue weighted by Crippen LogP contribution is -2.23. The Labute approximate surface area is 179 Å². The number of aryl methyl sites for hydroxylation is 1. The monoisotopic (exact) mass is 421 g/mol. The van der Waals surface area contributed by atoms with E-state index in [2.05, 4.69) is 22.0 Å². The van der Waals surface area contributed by atoms with Crippen molar-refractivity contribution in [3.63, 3.8) is 0 Å². The van der Waals surface area contributed by atoms with Gasteiger partial charge in [0.2, 0.25) is 0 Å². The van der Waals surface area contributed by atoms with E-state index in [4.69, 9.17) is 5.11 Å². The molecule has 0 atom stereocenters. The zero-order valence-electron chi connectivity index (χ0n) is 17.0. The van der Waals surface area contributed by atoms with E-state index in [1.807, 2.05) is 25.1 Å². The van der Waals surface area contributed by atoms with E-state index in [1.54, 1.807) is 19.2 Å². The van der Waals surface area contributed by atoms with Gasteiger partial charge in [-0.05, 0) is 79.1 Å². The molecule has 1 N–H and O–H groups in total. The average molecular weight is 422 g/mol. The molecule has 2 aliphatic rings. The Kier molecular flexibility index (Phi) is 5.63. The molecule has 6 nitrogen and oxygen atoms in total. The first kappa shape index (κ1) is 20.2. The Morgan fingerprint density at radius 1 is 1.13 bits per heavy atom. The van der Waals surface area contributed by atoms with Crippen molar-refractivity contribution in [1.29, 1.82) is 0 Å². The van der Waals surface area contributed by atoms with Crippen molar-refractivity contribution in [2.24, 2.45) is 4.99 Å². The van der Waals surface area contributed by atoms with Gasteiger partial charge in [0, 0.05) is 25.8 Å². The van der Waals surface area contributed by atoms with Gasteiger partial charge in [0.05, 0.1) is 16.2 Å². The van der Waals surface area contributed by atoms with E-state index in [1.165, 1.54) is 41.3 Å². The van der Waals surface area contributed by atoms with Crippen molar-refractivity contribution < 1.29 is 14.7 Å². The number of carbonyl (C=O) groups excluding carboxylic acids is 1. The number of thioether (sulfide) groups is 1. The zero-order valence-corrected chi connectivity index (χ0v) is 17.8. The quantitative estimate of drug-likeness (QED) is 0.735. The molecule has 0 aliphatic carbocycles. The highest BCUT2D eigenvalue weighted by atomic mass is 32.2. The van der Waals surface area contributed by atoms with Gasteiger partial charge in [0.15, 0.2) is 5.17 Å². The van der Waals surface area contributed by atoms with Crippen molar-refractivity contribution in [2.75, 3.05) is 25.0 Å². The number of aromatic carboxylic acids is 1. The summed E-state index contributed by atoms with van der Waals surface area (Å²) in [4.78, 5) is 32.9.